The zero-order chi connectivity index (χ0) is 20.4. The van der Waals surface area contributed by atoms with Crippen molar-refractivity contribution in [2.75, 3.05) is 5.73 Å². The fourth-order valence-electron chi connectivity index (χ4n) is 2.62. The normalized spacial score (nSPS) is 11.6. The second-order valence-corrected chi connectivity index (χ2v) is 6.48. The lowest BCUT2D eigenvalue weighted by atomic mass is 9.99. The van der Waals surface area contributed by atoms with Gasteiger partial charge in [-0.2, -0.15) is 10.4 Å². The molecule has 0 spiro atoms. The summed E-state index contributed by atoms with van der Waals surface area (Å²) in [5.74, 6) is -0.780. The van der Waals surface area contributed by atoms with Crippen LogP contribution in [0.5, 0.6) is 5.75 Å². The van der Waals surface area contributed by atoms with Gasteiger partial charge in [-0.05, 0) is 30.7 Å². The van der Waals surface area contributed by atoms with E-state index in [0.717, 1.165) is 5.56 Å². The van der Waals surface area contributed by atoms with E-state index >= 15 is 0 Å². The highest BCUT2D eigenvalue weighted by molar-refractivity contribution is 6.32. The summed E-state index contributed by atoms with van der Waals surface area (Å²) in [6.45, 7) is 1.41. The van der Waals surface area contributed by atoms with E-state index in [1.165, 1.54) is 6.92 Å². The van der Waals surface area contributed by atoms with Crippen LogP contribution in [0, 0.1) is 11.3 Å². The summed E-state index contributed by atoms with van der Waals surface area (Å²) in [5, 5.41) is 22.8. The molecule has 2 aromatic heterocycles. The second-order valence-electron chi connectivity index (χ2n) is 6.07. The van der Waals surface area contributed by atoms with Gasteiger partial charge in [0.05, 0.1) is 16.9 Å². The first-order valence-corrected chi connectivity index (χ1v) is 8.57. The molecule has 0 saturated carbocycles. The first-order valence-electron chi connectivity index (χ1n) is 8.19. The zero-order valence-electron chi connectivity index (χ0n) is 15.0. The minimum Gasteiger partial charge on any atom is -0.479 e. The number of aryl methyl sites for hydroxylation is 1. The maximum absolute atomic E-state index is 11.0. The third-order valence-electron chi connectivity index (χ3n) is 4.05. The molecular formula is C19H16ClN5O3. The number of carboxylic acid groups (broad SMARTS) is 1. The number of hydrogen-bond donors (Lipinski definition) is 2. The van der Waals surface area contributed by atoms with Gasteiger partial charge in [-0.1, -0.05) is 17.7 Å². The number of nitrogens with two attached hydrogens (primary N) is 1. The number of anilines is 1. The lowest BCUT2D eigenvalue weighted by molar-refractivity contribution is -0.144. The highest BCUT2D eigenvalue weighted by Gasteiger charge is 2.18. The molecule has 0 radical (unpaired) electrons. The van der Waals surface area contributed by atoms with Crippen LogP contribution in [0.25, 0.3) is 22.4 Å². The van der Waals surface area contributed by atoms with E-state index in [4.69, 9.17) is 27.2 Å². The van der Waals surface area contributed by atoms with E-state index in [2.05, 4.69) is 16.2 Å². The molecule has 8 nitrogen and oxygen atoms in total. The van der Waals surface area contributed by atoms with Crippen molar-refractivity contribution in [3.05, 3.63) is 47.2 Å². The molecule has 142 valence electrons. The summed E-state index contributed by atoms with van der Waals surface area (Å²) in [6.07, 6.45) is 2.38. The van der Waals surface area contributed by atoms with Crippen molar-refractivity contribution in [3.63, 3.8) is 0 Å². The Kier molecular flexibility index (Phi) is 5.20. The van der Waals surface area contributed by atoms with Gasteiger partial charge in [-0.15, -0.1) is 0 Å². The van der Waals surface area contributed by atoms with Crippen LogP contribution in [0.1, 0.15) is 12.5 Å². The maximum Gasteiger partial charge on any atom is 0.344 e. The molecule has 1 unspecified atom stereocenters. The second kappa shape index (κ2) is 7.58. The summed E-state index contributed by atoms with van der Waals surface area (Å²) in [4.78, 5) is 15.3. The molecule has 0 amide bonds. The molecule has 1 atom stereocenters. The van der Waals surface area contributed by atoms with Gasteiger partial charge in [-0.3, -0.25) is 4.68 Å². The Bertz CT molecular complexity index is 1100. The lowest BCUT2D eigenvalue weighted by Crippen LogP contribution is -2.22. The monoisotopic (exact) mass is 397 g/mol. The van der Waals surface area contributed by atoms with Crippen LogP contribution in [0.4, 0.5) is 5.82 Å². The molecular weight excluding hydrogens is 382 g/mol. The number of benzene rings is 1. The van der Waals surface area contributed by atoms with Crippen LogP contribution in [0.3, 0.4) is 0 Å². The van der Waals surface area contributed by atoms with Crippen LogP contribution in [-0.4, -0.2) is 31.9 Å². The highest BCUT2D eigenvalue weighted by Crippen LogP contribution is 2.35. The Labute approximate surface area is 165 Å². The fourth-order valence-corrected chi connectivity index (χ4v) is 2.84. The Morgan fingerprint density at radius 1 is 1.39 bits per heavy atom. The molecule has 3 rings (SSSR count). The molecule has 0 aliphatic heterocycles. The Hall–Kier alpha value is -3.57. The number of halogens is 1. The molecule has 1 aromatic carbocycles. The van der Waals surface area contributed by atoms with Crippen molar-refractivity contribution in [2.24, 2.45) is 7.05 Å². The van der Waals surface area contributed by atoms with E-state index in [9.17, 15) is 10.1 Å². The van der Waals surface area contributed by atoms with Crippen molar-refractivity contribution in [3.8, 4) is 34.2 Å². The summed E-state index contributed by atoms with van der Waals surface area (Å²) in [6, 6.07) is 8.63. The van der Waals surface area contributed by atoms with Crippen LogP contribution in [0.15, 0.2) is 36.7 Å². The molecule has 0 saturated heterocycles. The maximum atomic E-state index is 11.0. The lowest BCUT2D eigenvalue weighted by Gasteiger charge is -2.14. The molecule has 0 fully saturated rings. The number of aliphatic carboxylic acids is 1. The average molecular weight is 398 g/mol. The van der Waals surface area contributed by atoms with Crippen LogP contribution >= 0.6 is 11.6 Å². The first kappa shape index (κ1) is 19.2. The largest absolute Gasteiger partial charge is 0.479 e. The van der Waals surface area contributed by atoms with Gasteiger partial charge >= 0.3 is 5.97 Å². The predicted octanol–water partition coefficient (Wildman–Crippen LogP) is 3.11. The topological polar surface area (TPSA) is 127 Å². The third kappa shape index (κ3) is 3.75. The Balaban J connectivity index is 2.07. The van der Waals surface area contributed by atoms with Crippen molar-refractivity contribution in [1.29, 1.82) is 5.26 Å². The third-order valence-corrected chi connectivity index (χ3v) is 4.35. The van der Waals surface area contributed by atoms with Crippen molar-refractivity contribution >= 4 is 23.4 Å². The molecule has 0 aliphatic carbocycles. The number of aromatic nitrogens is 3. The van der Waals surface area contributed by atoms with Gasteiger partial charge in [0, 0.05) is 24.4 Å². The van der Waals surface area contributed by atoms with Gasteiger partial charge in [0.1, 0.15) is 23.2 Å². The molecule has 0 aliphatic rings. The molecule has 0 bridgehead atoms. The van der Waals surface area contributed by atoms with E-state index in [1.54, 1.807) is 48.4 Å². The molecule has 3 N–H and O–H groups in total. The highest BCUT2D eigenvalue weighted by atomic mass is 35.5. The summed E-state index contributed by atoms with van der Waals surface area (Å²) in [5.41, 5.74) is 8.70. The number of nitrogen functional groups attached to an aromatic ring is 1. The number of nitriles is 1. The van der Waals surface area contributed by atoms with Crippen molar-refractivity contribution in [1.82, 2.24) is 14.8 Å². The van der Waals surface area contributed by atoms with E-state index in [0.29, 0.717) is 16.8 Å². The number of carbonyl (C=O) groups is 1. The van der Waals surface area contributed by atoms with Crippen LogP contribution in [0.2, 0.25) is 5.02 Å². The number of rotatable bonds is 5. The average Bonchev–Trinajstić information content (AvgIpc) is 3.09. The molecule has 28 heavy (non-hydrogen) atoms. The summed E-state index contributed by atoms with van der Waals surface area (Å²) in [7, 11) is 1.79. The Morgan fingerprint density at radius 3 is 2.71 bits per heavy atom. The van der Waals surface area contributed by atoms with Crippen LogP contribution < -0.4 is 10.5 Å². The summed E-state index contributed by atoms with van der Waals surface area (Å²) < 4.78 is 6.97. The van der Waals surface area contributed by atoms with E-state index < -0.39 is 12.1 Å². The quantitative estimate of drug-likeness (QED) is 0.676. The number of hydrogen-bond acceptors (Lipinski definition) is 6. The first-order chi connectivity index (χ1) is 13.3. The standard InChI is InChI=1S/C19H16ClN5O3/c1-10(19(26)27)28-17-4-3-11(5-15(17)20)13-6-16(12-8-23-25(2)9-12)24-18(22)14(13)7-21/h3-6,8-10H,1-2H3,(H2,22,24)(H,26,27). The fraction of sp³-hybridized carbons (Fsp3) is 0.158. The van der Waals surface area contributed by atoms with E-state index in [1.807, 2.05) is 0 Å². The van der Waals surface area contributed by atoms with Crippen molar-refractivity contribution in [2.45, 2.75) is 13.0 Å². The van der Waals surface area contributed by atoms with Gasteiger partial charge in [0.15, 0.2) is 6.10 Å². The van der Waals surface area contributed by atoms with Gasteiger partial charge < -0.3 is 15.6 Å². The number of nitrogens with zero attached hydrogens (tertiary/aromatic N) is 4. The number of ether oxygens (including phenoxy) is 1. The molecule has 3 aromatic rings. The minimum atomic E-state index is -1.10. The zero-order valence-corrected chi connectivity index (χ0v) is 15.8. The Morgan fingerprint density at radius 2 is 2.14 bits per heavy atom. The number of pyridine rings is 1. The van der Waals surface area contributed by atoms with Gasteiger partial charge in [0.25, 0.3) is 0 Å². The van der Waals surface area contributed by atoms with E-state index in [-0.39, 0.29) is 22.2 Å². The minimum absolute atomic E-state index is 0.0924. The van der Waals surface area contributed by atoms with Crippen molar-refractivity contribution < 1.29 is 14.6 Å². The SMILES string of the molecule is CC(Oc1ccc(-c2cc(-c3cnn(C)c3)nc(N)c2C#N)cc1Cl)C(=O)O. The smallest absolute Gasteiger partial charge is 0.344 e. The van der Waals surface area contributed by atoms with Gasteiger partial charge in [-0.25, -0.2) is 9.78 Å². The van der Waals surface area contributed by atoms with Gasteiger partial charge in [0.2, 0.25) is 0 Å². The number of carboxylic acids is 1. The molecule has 2 heterocycles. The van der Waals surface area contributed by atoms with Crippen LogP contribution in [-0.2, 0) is 11.8 Å². The predicted molar refractivity (Wildman–Crippen MR) is 104 cm³/mol. The molecule has 9 heteroatoms. The summed E-state index contributed by atoms with van der Waals surface area (Å²) >= 11 is 6.26.